The van der Waals surface area contributed by atoms with Crippen LogP contribution < -0.4 is 4.74 Å². The lowest BCUT2D eigenvalue weighted by atomic mass is 9.98. The minimum atomic E-state index is -1.09. The van der Waals surface area contributed by atoms with Crippen LogP contribution in [0, 0.1) is 0 Å². The summed E-state index contributed by atoms with van der Waals surface area (Å²) in [6.45, 7) is 2.60. The zero-order valence-electron chi connectivity index (χ0n) is 19.3. The van der Waals surface area contributed by atoms with E-state index in [1.807, 2.05) is 60.7 Å². The fraction of sp³-hybridized carbons (Fsp3) is 0.286. The number of nitrogens with zero attached hydrogens (tertiary/aromatic N) is 1. The average Bonchev–Trinajstić information content (AvgIpc) is 3.17. The monoisotopic (exact) mass is 459 g/mol. The van der Waals surface area contributed by atoms with E-state index in [2.05, 4.69) is 19.1 Å². The fourth-order valence-corrected chi connectivity index (χ4v) is 4.28. The standard InChI is InChI=1S/C28H29NO5/c1-2-3-16-33-21-14-12-20(13-15-21)17-29(18-27(30)31)28(32)34-19-26-24-10-6-4-8-22(24)23-9-5-7-11-25(23)26/h4-15,26H,2-3,16-19H2,1H3,(H,30,31). The van der Waals surface area contributed by atoms with Crippen LogP contribution in [0.15, 0.2) is 72.8 Å². The molecular formula is C28H29NO5. The lowest BCUT2D eigenvalue weighted by Gasteiger charge is -2.22. The highest BCUT2D eigenvalue weighted by atomic mass is 16.6. The maximum atomic E-state index is 12.9. The summed E-state index contributed by atoms with van der Waals surface area (Å²) < 4.78 is 11.3. The molecule has 0 atom stereocenters. The van der Waals surface area contributed by atoms with Crippen LogP contribution in [0.25, 0.3) is 11.1 Å². The van der Waals surface area contributed by atoms with Crippen molar-refractivity contribution < 1.29 is 24.2 Å². The van der Waals surface area contributed by atoms with Crippen LogP contribution in [0.5, 0.6) is 5.75 Å². The molecule has 4 rings (SSSR count). The predicted molar refractivity (Wildman–Crippen MR) is 130 cm³/mol. The highest BCUT2D eigenvalue weighted by molar-refractivity contribution is 5.79. The number of rotatable bonds is 10. The average molecular weight is 460 g/mol. The minimum Gasteiger partial charge on any atom is -0.494 e. The Hall–Kier alpha value is -3.80. The molecule has 6 nitrogen and oxygen atoms in total. The van der Waals surface area contributed by atoms with E-state index in [-0.39, 0.29) is 19.1 Å². The smallest absolute Gasteiger partial charge is 0.410 e. The van der Waals surface area contributed by atoms with Crippen molar-refractivity contribution in [3.8, 4) is 16.9 Å². The number of carbonyl (C=O) groups excluding carboxylic acids is 1. The maximum absolute atomic E-state index is 12.9. The lowest BCUT2D eigenvalue weighted by molar-refractivity contribution is -0.138. The van der Waals surface area contributed by atoms with Gasteiger partial charge in [-0.05, 0) is 46.4 Å². The normalized spacial score (nSPS) is 12.0. The van der Waals surface area contributed by atoms with Gasteiger partial charge in [0, 0.05) is 12.5 Å². The Morgan fingerprint density at radius 2 is 1.53 bits per heavy atom. The van der Waals surface area contributed by atoms with E-state index in [0.29, 0.717) is 6.61 Å². The van der Waals surface area contributed by atoms with Crippen molar-refractivity contribution in [3.05, 3.63) is 89.5 Å². The molecule has 0 fully saturated rings. The minimum absolute atomic E-state index is 0.0809. The summed E-state index contributed by atoms with van der Waals surface area (Å²) >= 11 is 0. The van der Waals surface area contributed by atoms with E-state index < -0.39 is 18.6 Å². The van der Waals surface area contributed by atoms with Gasteiger partial charge in [-0.15, -0.1) is 0 Å². The number of amides is 1. The highest BCUT2D eigenvalue weighted by Gasteiger charge is 2.30. The SMILES string of the molecule is CCCCOc1ccc(CN(CC(=O)O)C(=O)OCC2c3ccccc3-c3ccccc32)cc1. The number of ether oxygens (including phenoxy) is 2. The van der Waals surface area contributed by atoms with E-state index in [4.69, 9.17) is 9.47 Å². The van der Waals surface area contributed by atoms with Crippen molar-refractivity contribution in [1.82, 2.24) is 4.90 Å². The molecule has 1 amide bonds. The first-order valence-corrected chi connectivity index (χ1v) is 11.6. The zero-order chi connectivity index (χ0) is 23.9. The summed E-state index contributed by atoms with van der Waals surface area (Å²) in [7, 11) is 0. The second-order valence-electron chi connectivity index (χ2n) is 8.40. The van der Waals surface area contributed by atoms with Gasteiger partial charge in [0.1, 0.15) is 18.9 Å². The Bertz CT molecular complexity index is 1100. The molecule has 0 saturated carbocycles. The van der Waals surface area contributed by atoms with E-state index in [1.54, 1.807) is 0 Å². The van der Waals surface area contributed by atoms with Crippen molar-refractivity contribution in [2.24, 2.45) is 0 Å². The van der Waals surface area contributed by atoms with Gasteiger partial charge in [0.15, 0.2) is 0 Å². The fourth-order valence-electron chi connectivity index (χ4n) is 4.28. The molecule has 6 heteroatoms. The van der Waals surface area contributed by atoms with Crippen LogP contribution in [0.2, 0.25) is 0 Å². The first-order chi connectivity index (χ1) is 16.6. The molecule has 0 spiro atoms. The third kappa shape index (κ3) is 5.39. The van der Waals surface area contributed by atoms with E-state index in [9.17, 15) is 14.7 Å². The largest absolute Gasteiger partial charge is 0.494 e. The Morgan fingerprint density at radius 3 is 2.12 bits per heavy atom. The maximum Gasteiger partial charge on any atom is 0.410 e. The van der Waals surface area contributed by atoms with E-state index in [0.717, 1.165) is 46.4 Å². The molecule has 1 aliphatic carbocycles. The van der Waals surface area contributed by atoms with Gasteiger partial charge in [0.05, 0.1) is 6.61 Å². The Kier molecular flexibility index (Phi) is 7.48. The first kappa shape index (κ1) is 23.4. The second kappa shape index (κ2) is 10.9. The van der Waals surface area contributed by atoms with Gasteiger partial charge < -0.3 is 14.6 Å². The summed E-state index contributed by atoms with van der Waals surface area (Å²) in [5.41, 5.74) is 5.31. The quantitative estimate of drug-likeness (QED) is 0.394. The third-order valence-electron chi connectivity index (χ3n) is 5.98. The Labute approximate surface area is 199 Å². The van der Waals surface area contributed by atoms with E-state index in [1.165, 1.54) is 4.90 Å². The molecule has 0 radical (unpaired) electrons. The third-order valence-corrected chi connectivity index (χ3v) is 5.98. The van der Waals surface area contributed by atoms with Crippen molar-refractivity contribution in [2.75, 3.05) is 19.8 Å². The van der Waals surface area contributed by atoms with Crippen LogP contribution in [0.4, 0.5) is 4.79 Å². The van der Waals surface area contributed by atoms with Crippen molar-refractivity contribution in [2.45, 2.75) is 32.2 Å². The van der Waals surface area contributed by atoms with Crippen LogP contribution in [0.1, 0.15) is 42.4 Å². The Morgan fingerprint density at radius 1 is 0.912 bits per heavy atom. The van der Waals surface area contributed by atoms with Crippen LogP contribution >= 0.6 is 0 Å². The molecule has 176 valence electrons. The van der Waals surface area contributed by atoms with Crippen molar-refractivity contribution in [1.29, 1.82) is 0 Å². The van der Waals surface area contributed by atoms with Crippen LogP contribution in [-0.2, 0) is 16.1 Å². The number of aliphatic carboxylic acids is 1. The van der Waals surface area contributed by atoms with Crippen LogP contribution in [0.3, 0.4) is 0 Å². The van der Waals surface area contributed by atoms with Gasteiger partial charge in [-0.2, -0.15) is 0 Å². The van der Waals surface area contributed by atoms with Crippen molar-refractivity contribution >= 4 is 12.1 Å². The Balaban J connectivity index is 1.43. The van der Waals surface area contributed by atoms with Crippen LogP contribution in [-0.4, -0.2) is 41.8 Å². The molecule has 1 N–H and O–H groups in total. The number of carboxylic acid groups (broad SMARTS) is 1. The second-order valence-corrected chi connectivity index (χ2v) is 8.40. The molecule has 1 aliphatic rings. The van der Waals surface area contributed by atoms with Gasteiger partial charge in [-0.1, -0.05) is 74.0 Å². The summed E-state index contributed by atoms with van der Waals surface area (Å²) in [5, 5.41) is 9.35. The lowest BCUT2D eigenvalue weighted by Crippen LogP contribution is -2.36. The molecule has 0 unspecified atom stereocenters. The molecule has 34 heavy (non-hydrogen) atoms. The van der Waals surface area contributed by atoms with E-state index >= 15 is 0 Å². The highest BCUT2D eigenvalue weighted by Crippen LogP contribution is 2.44. The molecule has 3 aromatic carbocycles. The number of hydrogen-bond donors (Lipinski definition) is 1. The summed E-state index contributed by atoms with van der Waals surface area (Å²) in [5.74, 6) is -0.418. The topological polar surface area (TPSA) is 76.1 Å². The molecule has 3 aromatic rings. The zero-order valence-corrected chi connectivity index (χ0v) is 19.3. The summed E-state index contributed by atoms with van der Waals surface area (Å²) in [6, 6.07) is 23.5. The molecule has 0 aliphatic heterocycles. The van der Waals surface area contributed by atoms with Crippen molar-refractivity contribution in [3.63, 3.8) is 0 Å². The molecule has 0 aromatic heterocycles. The number of hydrogen-bond acceptors (Lipinski definition) is 4. The van der Waals surface area contributed by atoms with Gasteiger partial charge >= 0.3 is 12.1 Å². The number of carboxylic acids is 1. The number of carbonyl (C=O) groups is 2. The summed E-state index contributed by atoms with van der Waals surface area (Å²) in [4.78, 5) is 25.6. The predicted octanol–water partition coefficient (Wildman–Crippen LogP) is 5.70. The summed E-state index contributed by atoms with van der Waals surface area (Å²) in [6.07, 6.45) is 1.39. The van der Waals surface area contributed by atoms with Gasteiger partial charge in [-0.3, -0.25) is 9.69 Å². The molecule has 0 heterocycles. The number of unbranched alkanes of at least 4 members (excludes halogenated alkanes) is 1. The number of fused-ring (bicyclic) bond motifs is 3. The molecular weight excluding hydrogens is 430 g/mol. The molecule has 0 saturated heterocycles. The first-order valence-electron chi connectivity index (χ1n) is 11.6. The number of benzene rings is 3. The van der Waals surface area contributed by atoms with Gasteiger partial charge in [0.2, 0.25) is 0 Å². The molecule has 0 bridgehead atoms. The van der Waals surface area contributed by atoms with Gasteiger partial charge in [0.25, 0.3) is 0 Å². The van der Waals surface area contributed by atoms with Gasteiger partial charge in [-0.25, -0.2) is 4.79 Å².